The second kappa shape index (κ2) is 6.27. The fraction of sp³-hybridized carbons (Fsp3) is 1.00. The first kappa shape index (κ1) is 14.7. The smallest absolute Gasteiger partial charge is 0.282 e. The molecule has 2 saturated heterocycles. The molecule has 3 fully saturated rings. The van der Waals surface area contributed by atoms with E-state index in [0.29, 0.717) is 38.8 Å². The molecule has 1 unspecified atom stereocenters. The van der Waals surface area contributed by atoms with E-state index in [4.69, 9.17) is 4.74 Å². The maximum atomic E-state index is 12.8. The Morgan fingerprint density at radius 2 is 1.95 bits per heavy atom. The third-order valence-electron chi connectivity index (χ3n) is 4.38. The van der Waals surface area contributed by atoms with Crippen molar-refractivity contribution in [3.63, 3.8) is 0 Å². The van der Waals surface area contributed by atoms with Crippen LogP contribution in [0.25, 0.3) is 0 Å². The van der Waals surface area contributed by atoms with Gasteiger partial charge in [-0.2, -0.15) is 17.0 Å². The molecular weight excluding hydrogens is 278 g/mol. The van der Waals surface area contributed by atoms with Gasteiger partial charge in [0, 0.05) is 25.7 Å². The minimum Gasteiger partial charge on any atom is -0.379 e. The molecule has 0 amide bonds. The van der Waals surface area contributed by atoms with E-state index in [1.165, 1.54) is 0 Å². The summed E-state index contributed by atoms with van der Waals surface area (Å²) in [5.74, 6) is 0.458. The molecule has 7 heteroatoms. The largest absolute Gasteiger partial charge is 0.379 e. The minimum absolute atomic E-state index is 0.241. The van der Waals surface area contributed by atoms with E-state index >= 15 is 0 Å². The molecule has 3 rings (SSSR count). The first-order valence-corrected chi connectivity index (χ1v) is 9.13. The Bertz CT molecular complexity index is 413. The van der Waals surface area contributed by atoms with E-state index in [2.05, 4.69) is 5.32 Å². The Kier molecular flexibility index (Phi) is 4.62. The fourth-order valence-electron chi connectivity index (χ4n) is 3.05. The highest BCUT2D eigenvalue weighted by Gasteiger charge is 2.41. The third kappa shape index (κ3) is 3.33. The van der Waals surface area contributed by atoms with Crippen molar-refractivity contribution in [2.45, 2.75) is 31.7 Å². The van der Waals surface area contributed by atoms with Crippen molar-refractivity contribution < 1.29 is 13.2 Å². The maximum Gasteiger partial charge on any atom is 0.282 e. The van der Waals surface area contributed by atoms with Gasteiger partial charge in [0.25, 0.3) is 10.2 Å². The Morgan fingerprint density at radius 1 is 1.20 bits per heavy atom. The summed E-state index contributed by atoms with van der Waals surface area (Å²) in [4.78, 5) is 0. The quantitative estimate of drug-likeness (QED) is 0.778. The first-order valence-electron chi connectivity index (χ1n) is 7.73. The Labute approximate surface area is 121 Å². The van der Waals surface area contributed by atoms with Crippen LogP contribution in [0.5, 0.6) is 0 Å². The molecule has 2 aliphatic heterocycles. The highest BCUT2D eigenvalue weighted by atomic mass is 32.2. The van der Waals surface area contributed by atoms with Gasteiger partial charge in [0.2, 0.25) is 0 Å². The average molecular weight is 303 g/mol. The van der Waals surface area contributed by atoms with Gasteiger partial charge in [-0.1, -0.05) is 0 Å². The van der Waals surface area contributed by atoms with E-state index in [1.807, 2.05) is 0 Å². The Hall–Kier alpha value is -0.210. The summed E-state index contributed by atoms with van der Waals surface area (Å²) in [6.07, 6.45) is 4.32. The van der Waals surface area contributed by atoms with Crippen LogP contribution in [0.4, 0.5) is 0 Å². The number of hydrogen-bond acceptors (Lipinski definition) is 4. The Morgan fingerprint density at radius 3 is 2.55 bits per heavy atom. The van der Waals surface area contributed by atoms with Crippen LogP contribution in [0.3, 0.4) is 0 Å². The van der Waals surface area contributed by atoms with Crippen LogP contribution in [0.2, 0.25) is 0 Å². The molecule has 0 aromatic carbocycles. The van der Waals surface area contributed by atoms with Crippen molar-refractivity contribution in [3.8, 4) is 0 Å². The molecule has 0 aromatic heterocycles. The molecule has 0 bridgehead atoms. The fourth-order valence-corrected chi connectivity index (χ4v) is 4.95. The van der Waals surface area contributed by atoms with Gasteiger partial charge < -0.3 is 10.1 Å². The number of ether oxygens (including phenoxy) is 1. The zero-order valence-electron chi connectivity index (χ0n) is 12.0. The predicted octanol–water partition coefficient (Wildman–Crippen LogP) is 0.0274. The van der Waals surface area contributed by atoms with Crippen LogP contribution in [-0.4, -0.2) is 69.0 Å². The molecular formula is C13H25N3O3S. The zero-order chi connectivity index (χ0) is 14.0. The number of hydrogen-bond donors (Lipinski definition) is 1. The molecule has 0 spiro atoms. The van der Waals surface area contributed by atoms with Crippen molar-refractivity contribution in [1.29, 1.82) is 0 Å². The van der Waals surface area contributed by atoms with Crippen LogP contribution in [0.15, 0.2) is 0 Å². The molecule has 0 radical (unpaired) electrons. The van der Waals surface area contributed by atoms with Crippen molar-refractivity contribution in [1.82, 2.24) is 13.9 Å². The minimum atomic E-state index is -3.30. The lowest BCUT2D eigenvalue weighted by Gasteiger charge is -2.35. The van der Waals surface area contributed by atoms with Crippen LogP contribution >= 0.6 is 0 Å². The predicted molar refractivity (Wildman–Crippen MR) is 76.6 cm³/mol. The normalized spacial score (nSPS) is 29.8. The lowest BCUT2D eigenvalue weighted by Crippen LogP contribution is -2.51. The molecule has 20 heavy (non-hydrogen) atoms. The van der Waals surface area contributed by atoms with Gasteiger partial charge in [-0.3, -0.25) is 0 Å². The van der Waals surface area contributed by atoms with E-state index < -0.39 is 10.2 Å². The van der Waals surface area contributed by atoms with Gasteiger partial charge in [0.05, 0.1) is 13.2 Å². The van der Waals surface area contributed by atoms with Crippen LogP contribution in [0.1, 0.15) is 25.7 Å². The molecule has 2 heterocycles. The lowest BCUT2D eigenvalue weighted by atomic mass is 10.00. The standard InChI is InChI=1S/C13H25N3O3S/c17-20(18,15-6-8-19-9-7-15)16(13-3-4-13)11-12-2-1-5-14-10-12/h12-14H,1-11H2. The summed E-state index contributed by atoms with van der Waals surface area (Å²) in [6, 6.07) is 0.241. The highest BCUT2D eigenvalue weighted by Crippen LogP contribution is 2.32. The van der Waals surface area contributed by atoms with Gasteiger partial charge in [-0.25, -0.2) is 0 Å². The summed E-state index contributed by atoms with van der Waals surface area (Å²) in [5, 5.41) is 3.38. The highest BCUT2D eigenvalue weighted by molar-refractivity contribution is 7.86. The van der Waals surface area contributed by atoms with E-state index in [1.54, 1.807) is 8.61 Å². The monoisotopic (exact) mass is 303 g/mol. The van der Waals surface area contributed by atoms with E-state index in [-0.39, 0.29) is 6.04 Å². The zero-order valence-corrected chi connectivity index (χ0v) is 12.8. The molecule has 1 N–H and O–H groups in total. The van der Waals surface area contributed by atoms with Gasteiger partial charge in [-0.05, 0) is 44.7 Å². The van der Waals surface area contributed by atoms with E-state index in [0.717, 1.165) is 38.8 Å². The summed E-state index contributed by atoms with van der Waals surface area (Å²) in [7, 11) is -3.30. The topological polar surface area (TPSA) is 61.9 Å². The second-order valence-electron chi connectivity index (χ2n) is 6.03. The van der Waals surface area contributed by atoms with Crippen molar-refractivity contribution >= 4 is 10.2 Å². The van der Waals surface area contributed by atoms with Gasteiger partial charge in [0.15, 0.2) is 0 Å². The molecule has 6 nitrogen and oxygen atoms in total. The summed E-state index contributed by atoms with van der Waals surface area (Å²) in [6.45, 7) is 4.71. The van der Waals surface area contributed by atoms with Gasteiger partial charge in [0.1, 0.15) is 0 Å². The summed E-state index contributed by atoms with van der Waals surface area (Å²) < 4.78 is 34.3. The maximum absolute atomic E-state index is 12.8. The summed E-state index contributed by atoms with van der Waals surface area (Å²) >= 11 is 0. The van der Waals surface area contributed by atoms with Crippen molar-refractivity contribution in [2.75, 3.05) is 45.9 Å². The lowest BCUT2D eigenvalue weighted by molar-refractivity contribution is 0.0695. The molecule has 116 valence electrons. The number of nitrogens with zero attached hydrogens (tertiary/aromatic N) is 2. The van der Waals surface area contributed by atoms with Gasteiger partial charge >= 0.3 is 0 Å². The number of morpholine rings is 1. The van der Waals surface area contributed by atoms with Gasteiger partial charge in [-0.15, -0.1) is 0 Å². The number of piperidine rings is 1. The van der Waals surface area contributed by atoms with Crippen LogP contribution in [0, 0.1) is 5.92 Å². The van der Waals surface area contributed by atoms with Crippen molar-refractivity contribution in [2.24, 2.45) is 5.92 Å². The van der Waals surface area contributed by atoms with Crippen molar-refractivity contribution in [3.05, 3.63) is 0 Å². The molecule has 3 aliphatic rings. The number of nitrogens with one attached hydrogen (secondary N) is 1. The van der Waals surface area contributed by atoms with Crippen LogP contribution in [-0.2, 0) is 14.9 Å². The third-order valence-corrected chi connectivity index (χ3v) is 6.44. The number of rotatable bonds is 5. The summed E-state index contributed by atoms with van der Waals surface area (Å²) in [5.41, 5.74) is 0. The average Bonchev–Trinajstić information content (AvgIpc) is 3.31. The van der Waals surface area contributed by atoms with E-state index in [9.17, 15) is 8.42 Å². The molecule has 0 aromatic rings. The second-order valence-corrected chi connectivity index (χ2v) is 7.91. The Balaban J connectivity index is 1.68. The van der Waals surface area contributed by atoms with Crippen LogP contribution < -0.4 is 5.32 Å². The molecule has 1 atom stereocenters. The molecule has 1 aliphatic carbocycles. The molecule has 1 saturated carbocycles. The first-order chi connectivity index (χ1) is 9.68. The SMILES string of the molecule is O=S(=O)(N1CCOCC1)N(CC1CCCNC1)C1CC1.